The van der Waals surface area contributed by atoms with Crippen LogP contribution in [-0.4, -0.2) is 52.3 Å². The molecule has 1 atom stereocenters. The van der Waals surface area contributed by atoms with Crippen LogP contribution in [0.2, 0.25) is 5.02 Å². The maximum atomic E-state index is 11.8. The van der Waals surface area contributed by atoms with Crippen molar-refractivity contribution < 1.29 is 4.21 Å². The van der Waals surface area contributed by atoms with Crippen LogP contribution in [0.15, 0.2) is 45.2 Å². The van der Waals surface area contributed by atoms with Crippen molar-refractivity contribution in [1.29, 1.82) is 0 Å². The molecule has 0 spiro atoms. The number of aliphatic imine (C=N–C) groups is 1. The number of hydrogen-bond donors (Lipinski definition) is 0. The first-order valence-electron chi connectivity index (χ1n) is 9.08. The maximum Gasteiger partial charge on any atom is 0.129 e. The summed E-state index contributed by atoms with van der Waals surface area (Å²) in [5, 5.41) is 0.554. The van der Waals surface area contributed by atoms with E-state index in [1.165, 1.54) is 6.26 Å². The van der Waals surface area contributed by atoms with E-state index in [-0.39, 0.29) is 0 Å². The minimum atomic E-state index is -2.48. The van der Waals surface area contributed by atoms with Gasteiger partial charge in [-0.1, -0.05) is 17.7 Å². The molecule has 0 bridgehead atoms. The summed E-state index contributed by atoms with van der Waals surface area (Å²) in [6.45, 7) is 8.93. The van der Waals surface area contributed by atoms with Gasteiger partial charge in [-0.3, -0.25) is 9.98 Å². The molecule has 3 heterocycles. The Bertz CT molecular complexity index is 1120. The van der Waals surface area contributed by atoms with Gasteiger partial charge < -0.3 is 4.90 Å². The normalized spacial score (nSPS) is 16.9. The highest BCUT2D eigenvalue weighted by molar-refractivity contribution is 7.98. The average molecular weight is 430 g/mol. The molecule has 29 heavy (non-hydrogen) atoms. The molecule has 3 rings (SSSR count). The van der Waals surface area contributed by atoms with Crippen LogP contribution in [0, 0.1) is 13.8 Å². The SMILES string of the molecule is C=NC1=C(/C=N\S(=C)(C)=O)CN(c2cc(-c3ncc(C)cc3C)c(Cl)cn2)CC1. The van der Waals surface area contributed by atoms with Crippen LogP contribution >= 0.6 is 11.6 Å². The topological polar surface area (TPSA) is 70.8 Å². The Morgan fingerprint density at radius 3 is 2.69 bits per heavy atom. The van der Waals surface area contributed by atoms with Gasteiger partial charge in [-0.2, -0.15) is 0 Å². The van der Waals surface area contributed by atoms with E-state index in [2.05, 4.69) is 42.9 Å². The lowest BCUT2D eigenvalue weighted by Gasteiger charge is -2.29. The summed E-state index contributed by atoms with van der Waals surface area (Å²) >= 11 is 6.44. The van der Waals surface area contributed by atoms with Gasteiger partial charge in [0.25, 0.3) is 0 Å². The lowest BCUT2D eigenvalue weighted by Crippen LogP contribution is -2.32. The third-order valence-electron chi connectivity index (χ3n) is 4.61. The van der Waals surface area contributed by atoms with Gasteiger partial charge >= 0.3 is 0 Å². The summed E-state index contributed by atoms with van der Waals surface area (Å²) < 4.78 is 15.9. The van der Waals surface area contributed by atoms with Crippen molar-refractivity contribution in [1.82, 2.24) is 9.97 Å². The van der Waals surface area contributed by atoms with Crippen molar-refractivity contribution >= 4 is 45.9 Å². The van der Waals surface area contributed by atoms with E-state index in [1.54, 1.807) is 12.4 Å². The van der Waals surface area contributed by atoms with Gasteiger partial charge in [-0.15, -0.1) is 0 Å². The third kappa shape index (κ3) is 5.10. The molecule has 0 aromatic carbocycles. The molecule has 1 aliphatic rings. The lowest BCUT2D eigenvalue weighted by molar-refractivity contribution is 0.686. The standard InChI is InChI=1S/C21H24ClN5OS/c1-14-8-15(2)21(25-10-14)17-9-20(24-12-18(17)22)27-7-6-19(23-3)16(13-27)11-26-29(4,5)28/h8-12H,3-4,6-7,13H2,1-2,5H3/b26-11-. The molecule has 0 amide bonds. The monoisotopic (exact) mass is 429 g/mol. The van der Waals surface area contributed by atoms with E-state index >= 15 is 0 Å². The van der Waals surface area contributed by atoms with Gasteiger partial charge in [0.05, 0.1) is 20.4 Å². The fourth-order valence-corrected chi connectivity index (χ4v) is 3.77. The van der Waals surface area contributed by atoms with E-state index in [0.29, 0.717) is 18.0 Å². The molecule has 8 heteroatoms. The first kappa shape index (κ1) is 21.2. The highest BCUT2D eigenvalue weighted by Gasteiger charge is 2.20. The van der Waals surface area contributed by atoms with Crippen LogP contribution in [-0.2, 0) is 9.71 Å². The molecule has 2 aromatic rings. The fourth-order valence-electron chi connectivity index (χ4n) is 3.22. The van der Waals surface area contributed by atoms with Crippen LogP contribution in [0.3, 0.4) is 0 Å². The molecule has 0 radical (unpaired) electrons. The molecule has 0 fully saturated rings. The quantitative estimate of drug-likeness (QED) is 0.533. The molecule has 0 saturated carbocycles. The second-order valence-corrected chi connectivity index (χ2v) is 9.73. The van der Waals surface area contributed by atoms with Crippen molar-refractivity contribution in [2.45, 2.75) is 20.3 Å². The van der Waals surface area contributed by atoms with E-state index in [0.717, 1.165) is 46.0 Å². The van der Waals surface area contributed by atoms with Crippen molar-refractivity contribution in [2.75, 3.05) is 24.2 Å². The Morgan fingerprint density at radius 2 is 2.03 bits per heavy atom. The summed E-state index contributed by atoms with van der Waals surface area (Å²) in [6, 6.07) is 4.04. The number of pyridine rings is 2. The van der Waals surface area contributed by atoms with Crippen LogP contribution in [0.25, 0.3) is 11.3 Å². The lowest BCUT2D eigenvalue weighted by atomic mass is 10.0. The van der Waals surface area contributed by atoms with Crippen molar-refractivity contribution in [3.63, 3.8) is 0 Å². The Kier molecular flexibility index (Phi) is 6.19. The van der Waals surface area contributed by atoms with Crippen LogP contribution in [0.4, 0.5) is 5.82 Å². The van der Waals surface area contributed by atoms with E-state index < -0.39 is 9.71 Å². The second kappa shape index (κ2) is 8.47. The highest BCUT2D eigenvalue weighted by Crippen LogP contribution is 2.32. The van der Waals surface area contributed by atoms with Gasteiger partial charge in [-0.05, 0) is 43.6 Å². The third-order valence-corrected chi connectivity index (χ3v) is 5.46. The first-order valence-corrected chi connectivity index (χ1v) is 11.6. The van der Waals surface area contributed by atoms with Crippen molar-refractivity contribution in [2.24, 2.45) is 9.39 Å². The van der Waals surface area contributed by atoms with E-state index in [4.69, 9.17) is 11.6 Å². The van der Waals surface area contributed by atoms with E-state index in [1.807, 2.05) is 26.1 Å². The zero-order valence-corrected chi connectivity index (χ0v) is 18.4. The number of aryl methyl sites for hydroxylation is 2. The molecule has 2 aromatic heterocycles. The summed E-state index contributed by atoms with van der Waals surface area (Å²) in [5.74, 6) is 4.35. The summed E-state index contributed by atoms with van der Waals surface area (Å²) in [7, 11) is -2.48. The molecule has 1 unspecified atom stereocenters. The maximum absolute atomic E-state index is 11.8. The predicted molar refractivity (Wildman–Crippen MR) is 125 cm³/mol. The Balaban J connectivity index is 1.96. The van der Waals surface area contributed by atoms with Crippen LogP contribution < -0.4 is 4.90 Å². The predicted octanol–water partition coefficient (Wildman–Crippen LogP) is 3.91. The molecular formula is C21H24ClN5OS. The summed E-state index contributed by atoms with van der Waals surface area (Å²) in [4.78, 5) is 15.3. The zero-order chi connectivity index (χ0) is 21.2. The van der Waals surface area contributed by atoms with Crippen molar-refractivity contribution in [3.8, 4) is 11.3 Å². The summed E-state index contributed by atoms with van der Waals surface area (Å²) in [6.07, 6.45) is 7.26. The zero-order valence-electron chi connectivity index (χ0n) is 16.9. The average Bonchev–Trinajstić information content (AvgIpc) is 2.66. The number of halogens is 1. The number of rotatable bonds is 5. The molecule has 0 saturated heterocycles. The molecule has 6 nitrogen and oxygen atoms in total. The van der Waals surface area contributed by atoms with Gasteiger partial charge in [0.1, 0.15) is 5.82 Å². The number of aromatic nitrogens is 2. The minimum Gasteiger partial charge on any atom is -0.352 e. The molecular weight excluding hydrogens is 406 g/mol. The number of anilines is 1. The largest absolute Gasteiger partial charge is 0.352 e. The van der Waals surface area contributed by atoms with Gasteiger partial charge in [0.2, 0.25) is 0 Å². The second-order valence-electron chi connectivity index (χ2n) is 7.20. The van der Waals surface area contributed by atoms with Crippen LogP contribution in [0.1, 0.15) is 17.5 Å². The Morgan fingerprint density at radius 1 is 1.28 bits per heavy atom. The smallest absolute Gasteiger partial charge is 0.129 e. The molecule has 0 aliphatic carbocycles. The first-order chi connectivity index (χ1) is 13.7. The number of hydrogen-bond acceptors (Lipinski definition) is 5. The fraction of sp³-hybridized carbons (Fsp3) is 0.286. The molecule has 1 aliphatic heterocycles. The molecule has 0 N–H and O–H groups in total. The van der Waals surface area contributed by atoms with E-state index in [9.17, 15) is 4.21 Å². The highest BCUT2D eigenvalue weighted by atomic mass is 35.5. The van der Waals surface area contributed by atoms with Gasteiger partial charge in [-0.25, -0.2) is 13.6 Å². The van der Waals surface area contributed by atoms with Crippen LogP contribution in [0.5, 0.6) is 0 Å². The van der Waals surface area contributed by atoms with Gasteiger partial charge in [0.15, 0.2) is 0 Å². The Labute approximate surface area is 177 Å². The summed E-state index contributed by atoms with van der Waals surface area (Å²) in [5.41, 5.74) is 5.54. The molecule has 152 valence electrons. The number of nitrogens with zero attached hydrogens (tertiary/aromatic N) is 5. The van der Waals surface area contributed by atoms with Crippen molar-refractivity contribution in [3.05, 3.63) is 51.9 Å². The minimum absolute atomic E-state index is 0.530. The van der Waals surface area contributed by atoms with Gasteiger partial charge in [0, 0.05) is 61.2 Å². The Hall–Kier alpha value is -2.51.